The molecule has 1 aromatic carbocycles. The molecule has 1 aromatic rings. The average molecular weight is 276 g/mol. The predicted molar refractivity (Wildman–Crippen MR) is 80.9 cm³/mol. The monoisotopic (exact) mass is 276 g/mol. The predicted octanol–water partition coefficient (Wildman–Crippen LogP) is 3.67. The topological polar surface area (TPSA) is 63.6 Å². The van der Waals surface area contributed by atoms with Crippen molar-refractivity contribution >= 4 is 18.0 Å². The van der Waals surface area contributed by atoms with Gasteiger partial charge in [0.25, 0.3) is 0 Å². The molecule has 0 amide bonds. The fourth-order valence-electron chi connectivity index (χ4n) is 0.706. The SMILES string of the molecule is C=C(C)C(=O)O.C=COC(C)=O.C=Cc1ccccc1. The third kappa shape index (κ3) is 15.4. The molecule has 0 aliphatic heterocycles. The van der Waals surface area contributed by atoms with Crippen LogP contribution in [0, 0.1) is 0 Å². The van der Waals surface area contributed by atoms with Crippen molar-refractivity contribution in [1.29, 1.82) is 0 Å². The number of aliphatic carboxylic acids is 1. The lowest BCUT2D eigenvalue weighted by atomic mass is 10.2. The van der Waals surface area contributed by atoms with E-state index in [0.717, 1.165) is 6.26 Å². The van der Waals surface area contributed by atoms with Crippen molar-refractivity contribution < 1.29 is 19.4 Å². The van der Waals surface area contributed by atoms with Crippen LogP contribution >= 0.6 is 0 Å². The van der Waals surface area contributed by atoms with Crippen LogP contribution in [0.2, 0.25) is 0 Å². The van der Waals surface area contributed by atoms with Crippen molar-refractivity contribution in [3.05, 3.63) is 67.5 Å². The minimum absolute atomic E-state index is 0.176. The lowest BCUT2D eigenvalue weighted by Crippen LogP contribution is -1.92. The highest BCUT2D eigenvalue weighted by molar-refractivity contribution is 5.84. The molecule has 0 aromatic heterocycles. The first-order valence-electron chi connectivity index (χ1n) is 5.69. The number of esters is 1. The van der Waals surface area contributed by atoms with Gasteiger partial charge in [-0.1, -0.05) is 56.1 Å². The number of hydrogen-bond acceptors (Lipinski definition) is 3. The number of hydrogen-bond donors (Lipinski definition) is 1. The van der Waals surface area contributed by atoms with Crippen molar-refractivity contribution in [1.82, 2.24) is 0 Å². The Balaban J connectivity index is 0. The van der Waals surface area contributed by atoms with Gasteiger partial charge in [-0.15, -0.1) is 0 Å². The molecule has 1 rings (SSSR count). The number of carboxylic acid groups (broad SMARTS) is 1. The molecule has 20 heavy (non-hydrogen) atoms. The Morgan fingerprint density at radius 3 is 1.75 bits per heavy atom. The van der Waals surface area contributed by atoms with Gasteiger partial charge in [-0.3, -0.25) is 4.79 Å². The Hall–Kier alpha value is -2.62. The van der Waals surface area contributed by atoms with Gasteiger partial charge in [0.1, 0.15) is 0 Å². The normalized spacial score (nSPS) is 7.70. The van der Waals surface area contributed by atoms with E-state index in [1.54, 1.807) is 0 Å². The summed E-state index contributed by atoms with van der Waals surface area (Å²) < 4.78 is 4.17. The van der Waals surface area contributed by atoms with E-state index >= 15 is 0 Å². The number of carbonyl (C=O) groups excluding carboxylic acids is 1. The van der Waals surface area contributed by atoms with E-state index in [1.165, 1.54) is 19.4 Å². The quantitative estimate of drug-likeness (QED) is 0.519. The molecule has 0 saturated carbocycles. The van der Waals surface area contributed by atoms with Crippen LogP contribution in [-0.4, -0.2) is 17.0 Å². The second-order valence-corrected chi connectivity index (χ2v) is 3.48. The van der Waals surface area contributed by atoms with Crippen molar-refractivity contribution in [2.45, 2.75) is 13.8 Å². The van der Waals surface area contributed by atoms with Crippen LogP contribution in [0.5, 0.6) is 0 Å². The molecule has 4 heteroatoms. The lowest BCUT2D eigenvalue weighted by Gasteiger charge is -1.85. The average Bonchev–Trinajstić information content (AvgIpc) is 2.40. The van der Waals surface area contributed by atoms with E-state index in [9.17, 15) is 9.59 Å². The first-order valence-corrected chi connectivity index (χ1v) is 5.69. The molecule has 1 N–H and O–H groups in total. The zero-order valence-electron chi connectivity index (χ0n) is 11.8. The second kappa shape index (κ2) is 12.8. The van der Waals surface area contributed by atoms with Crippen LogP contribution in [0.3, 0.4) is 0 Å². The van der Waals surface area contributed by atoms with Crippen molar-refractivity contribution in [2.24, 2.45) is 0 Å². The molecular weight excluding hydrogens is 256 g/mol. The molecule has 0 saturated heterocycles. The van der Waals surface area contributed by atoms with Gasteiger partial charge in [0.15, 0.2) is 0 Å². The fraction of sp³-hybridized carbons (Fsp3) is 0.125. The molecule has 0 radical (unpaired) electrons. The van der Waals surface area contributed by atoms with Gasteiger partial charge in [0.05, 0.1) is 6.26 Å². The smallest absolute Gasteiger partial charge is 0.330 e. The maximum atomic E-state index is 9.75. The lowest BCUT2D eigenvalue weighted by molar-refractivity contribution is -0.135. The van der Waals surface area contributed by atoms with Crippen LogP contribution in [-0.2, 0) is 14.3 Å². The van der Waals surface area contributed by atoms with E-state index in [2.05, 4.69) is 24.5 Å². The summed E-state index contributed by atoms with van der Waals surface area (Å²) in [4.78, 5) is 19.3. The van der Waals surface area contributed by atoms with E-state index in [4.69, 9.17) is 5.11 Å². The zero-order valence-corrected chi connectivity index (χ0v) is 11.8. The van der Waals surface area contributed by atoms with Crippen molar-refractivity contribution in [3.8, 4) is 0 Å². The van der Waals surface area contributed by atoms with Crippen LogP contribution in [0.4, 0.5) is 0 Å². The van der Waals surface area contributed by atoms with Crippen LogP contribution in [0.1, 0.15) is 19.4 Å². The first-order chi connectivity index (χ1) is 9.34. The van der Waals surface area contributed by atoms with Gasteiger partial charge in [-0.2, -0.15) is 0 Å². The van der Waals surface area contributed by atoms with Crippen LogP contribution in [0.25, 0.3) is 6.08 Å². The van der Waals surface area contributed by atoms with Gasteiger partial charge in [-0.25, -0.2) is 4.79 Å². The summed E-state index contributed by atoms with van der Waals surface area (Å²) in [6.45, 7) is 12.7. The van der Waals surface area contributed by atoms with Crippen LogP contribution in [0.15, 0.2) is 61.9 Å². The number of rotatable bonds is 3. The molecule has 0 unspecified atom stereocenters. The maximum Gasteiger partial charge on any atom is 0.330 e. The van der Waals surface area contributed by atoms with E-state index in [0.29, 0.717) is 0 Å². The molecule has 0 fully saturated rings. The summed E-state index contributed by atoms with van der Waals surface area (Å²) in [6, 6.07) is 10.0. The third-order valence-corrected chi connectivity index (χ3v) is 1.65. The first kappa shape index (κ1) is 19.7. The minimum Gasteiger partial charge on any atom is -0.478 e. The summed E-state index contributed by atoms with van der Waals surface area (Å²) in [5.74, 6) is -1.26. The number of benzene rings is 1. The van der Waals surface area contributed by atoms with Gasteiger partial charge < -0.3 is 9.84 Å². The number of carbonyl (C=O) groups is 2. The molecule has 0 aliphatic rings. The maximum absolute atomic E-state index is 9.75. The van der Waals surface area contributed by atoms with Gasteiger partial charge in [0, 0.05) is 12.5 Å². The third-order valence-electron chi connectivity index (χ3n) is 1.65. The molecule has 0 spiro atoms. The van der Waals surface area contributed by atoms with Gasteiger partial charge in [-0.05, 0) is 12.5 Å². The largest absolute Gasteiger partial charge is 0.478 e. The molecule has 0 heterocycles. The zero-order chi connectivity index (χ0) is 16.0. The highest BCUT2D eigenvalue weighted by atomic mass is 16.5. The summed E-state index contributed by atoms with van der Waals surface area (Å²) in [5, 5.41) is 7.89. The second-order valence-electron chi connectivity index (χ2n) is 3.48. The van der Waals surface area contributed by atoms with Crippen molar-refractivity contribution in [2.75, 3.05) is 0 Å². The summed E-state index contributed by atoms with van der Waals surface area (Å²) in [7, 11) is 0. The standard InChI is InChI=1S/C8H8.2C4H6O2/c1-2-8-6-4-3-5-7-8;1-3-6-4(2)5;1-3(2)4(5)6/h2-7H,1H2;3H,1H2,2H3;1H2,2H3,(H,5,6). The fourth-order valence-corrected chi connectivity index (χ4v) is 0.706. The molecule has 0 aliphatic carbocycles. The van der Waals surface area contributed by atoms with Crippen LogP contribution < -0.4 is 0 Å². The number of ether oxygens (including phenoxy) is 1. The van der Waals surface area contributed by atoms with Gasteiger partial charge in [0.2, 0.25) is 0 Å². The Kier molecular flexibility index (Phi) is 12.6. The molecule has 0 atom stereocenters. The summed E-state index contributed by atoms with van der Waals surface area (Å²) >= 11 is 0. The number of carboxylic acids is 1. The Morgan fingerprint density at radius 1 is 1.15 bits per heavy atom. The highest BCUT2D eigenvalue weighted by Gasteiger charge is 1.90. The Bertz CT molecular complexity index is 435. The van der Waals surface area contributed by atoms with E-state index in [-0.39, 0.29) is 11.5 Å². The van der Waals surface area contributed by atoms with Crippen molar-refractivity contribution in [3.63, 3.8) is 0 Å². The van der Waals surface area contributed by atoms with E-state index < -0.39 is 5.97 Å². The molecule has 0 bridgehead atoms. The molecule has 4 nitrogen and oxygen atoms in total. The molecular formula is C16H20O4. The van der Waals surface area contributed by atoms with E-state index in [1.807, 2.05) is 36.4 Å². The molecule has 108 valence electrons. The minimum atomic E-state index is -0.935. The Morgan fingerprint density at radius 2 is 1.60 bits per heavy atom. The summed E-state index contributed by atoms with van der Waals surface area (Å²) in [6.07, 6.45) is 2.93. The highest BCUT2D eigenvalue weighted by Crippen LogP contribution is 1.97. The summed E-state index contributed by atoms with van der Waals surface area (Å²) in [5.41, 5.74) is 1.35. The van der Waals surface area contributed by atoms with Gasteiger partial charge >= 0.3 is 11.9 Å². The Labute approximate surface area is 119 Å².